The number of hydrogen-bond acceptors (Lipinski definition) is 2. The molecule has 0 aliphatic heterocycles. The Morgan fingerprint density at radius 2 is 0.567 bits per heavy atom. The molecule has 0 saturated carbocycles. The Labute approximate surface area is 345 Å². The molecule has 0 unspecified atom stereocenters. The average molecular weight is 763 g/mol. The first-order chi connectivity index (χ1) is 29.8. The minimum absolute atomic E-state index is 0.872. The zero-order valence-electron chi connectivity index (χ0n) is 32.4. The van der Waals surface area contributed by atoms with E-state index >= 15 is 0 Å². The lowest BCUT2D eigenvalue weighted by molar-refractivity contribution is 0.669. The van der Waals surface area contributed by atoms with E-state index in [4.69, 9.17) is 8.83 Å². The molecule has 0 fully saturated rings. The van der Waals surface area contributed by atoms with Crippen molar-refractivity contribution in [1.29, 1.82) is 0 Å². The second-order valence-corrected chi connectivity index (χ2v) is 15.8. The fraction of sp³-hybridized carbons (Fsp3) is 0. The van der Waals surface area contributed by atoms with Crippen molar-refractivity contribution in [2.75, 3.05) is 0 Å². The topological polar surface area (TPSA) is 26.3 Å². The van der Waals surface area contributed by atoms with Gasteiger partial charge >= 0.3 is 0 Å². The predicted molar refractivity (Wildman–Crippen MR) is 253 cm³/mol. The highest BCUT2D eigenvalue weighted by Crippen LogP contribution is 2.51. The van der Waals surface area contributed by atoms with E-state index in [9.17, 15) is 0 Å². The van der Waals surface area contributed by atoms with E-state index in [1.54, 1.807) is 0 Å². The van der Waals surface area contributed by atoms with Crippen LogP contribution in [-0.4, -0.2) is 0 Å². The summed E-state index contributed by atoms with van der Waals surface area (Å²) in [6.45, 7) is 0. The molecule has 0 N–H and O–H groups in total. The number of rotatable bonds is 4. The Morgan fingerprint density at radius 3 is 1.10 bits per heavy atom. The largest absolute Gasteiger partial charge is 0.456 e. The van der Waals surface area contributed by atoms with Crippen molar-refractivity contribution in [3.63, 3.8) is 0 Å². The van der Waals surface area contributed by atoms with Crippen LogP contribution < -0.4 is 0 Å². The molecule has 60 heavy (non-hydrogen) atoms. The van der Waals surface area contributed by atoms with Gasteiger partial charge in [-0.1, -0.05) is 188 Å². The molecule has 0 saturated heterocycles. The van der Waals surface area contributed by atoms with Crippen molar-refractivity contribution >= 4 is 87.0 Å². The average Bonchev–Trinajstić information content (AvgIpc) is 3.90. The zero-order chi connectivity index (χ0) is 39.3. The minimum Gasteiger partial charge on any atom is -0.456 e. The molecular weight excluding hydrogens is 729 g/mol. The van der Waals surface area contributed by atoms with Crippen molar-refractivity contribution in [3.05, 3.63) is 206 Å². The van der Waals surface area contributed by atoms with Crippen LogP contribution in [0.15, 0.2) is 215 Å². The second-order valence-electron chi connectivity index (χ2n) is 15.8. The lowest BCUT2D eigenvalue weighted by atomic mass is 9.83. The molecule has 13 aromatic rings. The van der Waals surface area contributed by atoms with Crippen molar-refractivity contribution in [2.24, 2.45) is 0 Å². The molecule has 0 aliphatic carbocycles. The predicted octanol–water partition coefficient (Wildman–Crippen LogP) is 16.8. The maximum atomic E-state index is 7.10. The molecule has 2 aromatic heterocycles. The van der Waals surface area contributed by atoms with Gasteiger partial charge in [0.15, 0.2) is 0 Å². The van der Waals surface area contributed by atoms with Crippen LogP contribution in [0.25, 0.3) is 131 Å². The Bertz CT molecular complexity index is 3770. The van der Waals surface area contributed by atoms with Gasteiger partial charge in [-0.15, -0.1) is 0 Å². The van der Waals surface area contributed by atoms with Crippen LogP contribution in [0, 0.1) is 0 Å². The van der Waals surface area contributed by atoms with Gasteiger partial charge in [0.1, 0.15) is 22.3 Å². The van der Waals surface area contributed by atoms with Crippen molar-refractivity contribution in [3.8, 4) is 44.5 Å². The number of hydrogen-bond donors (Lipinski definition) is 0. The van der Waals surface area contributed by atoms with Crippen LogP contribution in [-0.2, 0) is 0 Å². The van der Waals surface area contributed by atoms with Crippen LogP contribution >= 0.6 is 0 Å². The molecule has 0 bridgehead atoms. The lowest BCUT2D eigenvalue weighted by Gasteiger charge is -2.19. The number of furan rings is 2. The maximum absolute atomic E-state index is 7.10. The third-order valence-electron chi connectivity index (χ3n) is 12.7. The van der Waals surface area contributed by atoms with Crippen LogP contribution in [0.2, 0.25) is 0 Å². The first-order valence-corrected chi connectivity index (χ1v) is 20.6. The van der Waals surface area contributed by atoms with Gasteiger partial charge < -0.3 is 8.83 Å². The molecule has 0 amide bonds. The van der Waals surface area contributed by atoms with Crippen LogP contribution in [0.5, 0.6) is 0 Å². The first kappa shape index (κ1) is 33.1. The van der Waals surface area contributed by atoms with E-state index in [0.717, 1.165) is 55.0 Å². The Kier molecular flexibility index (Phi) is 7.05. The highest BCUT2D eigenvalue weighted by atomic mass is 16.3. The summed E-state index contributed by atoms with van der Waals surface area (Å²) in [6, 6.07) is 74.3. The van der Waals surface area contributed by atoms with Gasteiger partial charge in [0.25, 0.3) is 0 Å². The van der Waals surface area contributed by atoms with Gasteiger partial charge in [0.2, 0.25) is 0 Å². The van der Waals surface area contributed by atoms with E-state index in [2.05, 4.69) is 200 Å². The quantitative estimate of drug-likeness (QED) is 0.167. The summed E-state index contributed by atoms with van der Waals surface area (Å²) in [6.07, 6.45) is 0. The van der Waals surface area contributed by atoms with Crippen molar-refractivity contribution in [1.82, 2.24) is 0 Å². The molecule has 13 rings (SSSR count). The van der Waals surface area contributed by atoms with Gasteiger partial charge in [0.05, 0.1) is 0 Å². The lowest BCUT2D eigenvalue weighted by Crippen LogP contribution is -1.92. The molecule has 0 aliphatic rings. The van der Waals surface area contributed by atoms with E-state index < -0.39 is 0 Å². The fourth-order valence-corrected chi connectivity index (χ4v) is 10.3. The molecular formula is C58H34O2. The molecule has 0 atom stereocenters. The maximum Gasteiger partial charge on any atom is 0.143 e. The number of para-hydroxylation sites is 2. The summed E-state index contributed by atoms with van der Waals surface area (Å²) in [5.41, 5.74) is 13.1. The standard InChI is InChI=1S/C58H34O2/c1-2-17-35(18-3-1)52-36-19-4-6-21-38(36)55(39-22-7-5-20-37(39)52)47-30-14-31-48-57-46(29-16-34-51(57)60-58(47)48)54-42-25-10-8-23-40(42)53(41-24-9-11-26-43(41)54)45-28-15-33-50-56(45)44-27-12-13-32-49(44)59-50/h1-34H. The molecule has 2 heteroatoms. The molecule has 0 radical (unpaired) electrons. The Hall–Kier alpha value is -7.94. The fourth-order valence-electron chi connectivity index (χ4n) is 10.3. The highest BCUT2D eigenvalue weighted by molar-refractivity contribution is 6.30. The van der Waals surface area contributed by atoms with Gasteiger partial charge in [0, 0.05) is 32.7 Å². The number of fused-ring (bicyclic) bond motifs is 10. The normalized spacial score (nSPS) is 12.0. The van der Waals surface area contributed by atoms with Gasteiger partial charge in [-0.3, -0.25) is 0 Å². The monoisotopic (exact) mass is 762 g/mol. The highest BCUT2D eigenvalue weighted by Gasteiger charge is 2.24. The summed E-state index contributed by atoms with van der Waals surface area (Å²) < 4.78 is 13.5. The molecule has 278 valence electrons. The molecule has 2 heterocycles. The second kappa shape index (κ2) is 12.8. The van der Waals surface area contributed by atoms with Crippen molar-refractivity contribution in [2.45, 2.75) is 0 Å². The van der Waals surface area contributed by atoms with Crippen molar-refractivity contribution < 1.29 is 8.83 Å². The first-order valence-electron chi connectivity index (χ1n) is 20.6. The van der Waals surface area contributed by atoms with Crippen LogP contribution in [0.3, 0.4) is 0 Å². The minimum atomic E-state index is 0.872. The van der Waals surface area contributed by atoms with Gasteiger partial charge in [-0.05, 0) is 94.7 Å². The summed E-state index contributed by atoms with van der Waals surface area (Å²) in [5.74, 6) is 0. The number of benzene rings is 11. The zero-order valence-corrected chi connectivity index (χ0v) is 32.4. The van der Waals surface area contributed by atoms with Gasteiger partial charge in [-0.2, -0.15) is 0 Å². The summed E-state index contributed by atoms with van der Waals surface area (Å²) in [4.78, 5) is 0. The molecule has 0 spiro atoms. The molecule has 11 aromatic carbocycles. The van der Waals surface area contributed by atoms with E-state index in [0.29, 0.717) is 0 Å². The van der Waals surface area contributed by atoms with E-state index in [-0.39, 0.29) is 0 Å². The Morgan fingerprint density at radius 1 is 0.217 bits per heavy atom. The third-order valence-corrected chi connectivity index (χ3v) is 12.7. The SMILES string of the molecule is c1ccc(-c2c3ccccc3c(-c3cccc4c3oc3cccc(-c5c6ccccc6c(-c6cccc7oc8ccccc8c67)c6ccccc56)c34)c3ccccc23)cc1. The summed E-state index contributed by atoms with van der Waals surface area (Å²) >= 11 is 0. The molecule has 2 nitrogen and oxygen atoms in total. The smallest absolute Gasteiger partial charge is 0.143 e. The van der Waals surface area contributed by atoms with Crippen LogP contribution in [0.1, 0.15) is 0 Å². The van der Waals surface area contributed by atoms with Gasteiger partial charge in [-0.25, -0.2) is 0 Å². The summed E-state index contributed by atoms with van der Waals surface area (Å²) in [5, 5.41) is 14.1. The Balaban J connectivity index is 1.11. The summed E-state index contributed by atoms with van der Waals surface area (Å²) in [7, 11) is 0. The van der Waals surface area contributed by atoms with E-state index in [1.165, 1.54) is 76.5 Å². The third kappa shape index (κ3) is 4.64. The van der Waals surface area contributed by atoms with E-state index in [1.807, 2.05) is 6.07 Å². The van der Waals surface area contributed by atoms with Crippen LogP contribution in [0.4, 0.5) is 0 Å².